The van der Waals surface area contributed by atoms with Gasteiger partial charge in [0.05, 0.1) is 17.2 Å². The van der Waals surface area contributed by atoms with Crippen LogP contribution in [0.2, 0.25) is 0 Å². The van der Waals surface area contributed by atoms with Crippen molar-refractivity contribution < 1.29 is 9.53 Å². The van der Waals surface area contributed by atoms with Gasteiger partial charge in [0.25, 0.3) is 5.56 Å². The molecule has 134 valence electrons. The maximum Gasteiger partial charge on any atom is 0.337 e. The second kappa shape index (κ2) is 6.77. The Hall–Kier alpha value is -3.32. The summed E-state index contributed by atoms with van der Waals surface area (Å²) in [5.41, 5.74) is 3.09. The Morgan fingerprint density at radius 1 is 1.11 bits per heavy atom. The molecule has 4 rings (SSSR count). The van der Waals surface area contributed by atoms with Crippen molar-refractivity contribution in [3.8, 4) is 11.4 Å². The lowest BCUT2D eigenvalue weighted by Gasteiger charge is -1.98. The number of ether oxygens (including phenoxy) is 1. The molecule has 0 aliphatic carbocycles. The number of carbonyl (C=O) groups excluding carboxylic acids is 1. The van der Waals surface area contributed by atoms with Crippen LogP contribution in [-0.2, 0) is 4.74 Å². The number of thiazole rings is 1. The van der Waals surface area contributed by atoms with Gasteiger partial charge in [-0.25, -0.2) is 4.79 Å². The minimum atomic E-state index is -0.395. The second-order valence-corrected chi connectivity index (χ2v) is 7.03. The molecule has 0 atom stereocenters. The highest BCUT2D eigenvalue weighted by Gasteiger charge is 2.12. The summed E-state index contributed by atoms with van der Waals surface area (Å²) in [6, 6.07) is 14.7. The van der Waals surface area contributed by atoms with Crippen molar-refractivity contribution in [2.45, 2.75) is 6.92 Å². The van der Waals surface area contributed by atoms with Crippen LogP contribution in [-0.4, -0.2) is 27.7 Å². The fourth-order valence-electron chi connectivity index (χ4n) is 2.64. The SMILES string of the molecule is COC(=O)c1ccc(/C=c2\sc3nc(-c4ccc(C)cc4)nn3c2=O)cc1. The summed E-state index contributed by atoms with van der Waals surface area (Å²) in [7, 11) is 1.34. The van der Waals surface area contributed by atoms with Crippen molar-refractivity contribution in [2.75, 3.05) is 7.11 Å². The first-order valence-electron chi connectivity index (χ1n) is 8.22. The fraction of sp³-hybridized carbons (Fsp3) is 0.100. The maximum absolute atomic E-state index is 12.6. The molecule has 0 spiro atoms. The van der Waals surface area contributed by atoms with E-state index in [2.05, 4.69) is 14.8 Å². The number of hydrogen-bond acceptors (Lipinski definition) is 6. The fourth-order valence-corrected chi connectivity index (χ4v) is 3.55. The number of methoxy groups -OCH3 is 1. The van der Waals surface area contributed by atoms with Gasteiger partial charge in [0, 0.05) is 5.56 Å². The van der Waals surface area contributed by atoms with Crippen LogP contribution in [0.1, 0.15) is 21.5 Å². The van der Waals surface area contributed by atoms with E-state index in [1.165, 1.54) is 23.0 Å². The van der Waals surface area contributed by atoms with E-state index in [1.54, 1.807) is 30.3 Å². The summed E-state index contributed by atoms with van der Waals surface area (Å²) >= 11 is 1.28. The Morgan fingerprint density at radius 2 is 1.81 bits per heavy atom. The molecule has 2 aromatic heterocycles. The Labute approximate surface area is 158 Å². The van der Waals surface area contributed by atoms with E-state index in [0.717, 1.165) is 16.7 Å². The van der Waals surface area contributed by atoms with Crippen molar-refractivity contribution in [3.63, 3.8) is 0 Å². The highest BCUT2D eigenvalue weighted by atomic mass is 32.1. The van der Waals surface area contributed by atoms with Crippen LogP contribution in [0.5, 0.6) is 0 Å². The number of rotatable bonds is 3. The standard InChI is InChI=1S/C20H15N3O3S/c1-12-3-7-14(8-4-12)17-21-20-23(22-17)18(24)16(27-20)11-13-5-9-15(10-6-13)19(25)26-2/h3-11H,1-2H3/b16-11-. The van der Waals surface area contributed by atoms with E-state index >= 15 is 0 Å². The van der Waals surface area contributed by atoms with Crippen LogP contribution < -0.4 is 10.1 Å². The normalized spacial score (nSPS) is 11.9. The van der Waals surface area contributed by atoms with Crippen molar-refractivity contribution in [1.29, 1.82) is 0 Å². The molecular weight excluding hydrogens is 362 g/mol. The average molecular weight is 377 g/mol. The van der Waals surface area contributed by atoms with E-state index < -0.39 is 5.97 Å². The minimum Gasteiger partial charge on any atom is -0.465 e. The van der Waals surface area contributed by atoms with Gasteiger partial charge < -0.3 is 4.74 Å². The molecule has 27 heavy (non-hydrogen) atoms. The van der Waals surface area contributed by atoms with Crippen LogP contribution in [0, 0.1) is 6.92 Å². The van der Waals surface area contributed by atoms with Crippen LogP contribution >= 0.6 is 11.3 Å². The predicted octanol–water partition coefficient (Wildman–Crippen LogP) is 2.46. The number of esters is 1. The highest BCUT2D eigenvalue weighted by molar-refractivity contribution is 7.15. The maximum atomic E-state index is 12.6. The van der Waals surface area contributed by atoms with Crippen LogP contribution in [0.4, 0.5) is 0 Å². The summed E-state index contributed by atoms with van der Waals surface area (Å²) < 4.78 is 6.54. The highest BCUT2D eigenvalue weighted by Crippen LogP contribution is 2.17. The first kappa shape index (κ1) is 17.1. The molecule has 7 heteroatoms. The molecule has 4 aromatic rings. The molecule has 0 unspecified atom stereocenters. The van der Waals surface area contributed by atoms with Crippen molar-refractivity contribution >= 4 is 28.3 Å². The van der Waals surface area contributed by atoms with Gasteiger partial charge in [-0.15, -0.1) is 5.10 Å². The van der Waals surface area contributed by atoms with Gasteiger partial charge >= 0.3 is 5.97 Å². The van der Waals surface area contributed by atoms with Gasteiger partial charge in [0.2, 0.25) is 4.96 Å². The Kier molecular flexibility index (Phi) is 4.29. The molecule has 0 radical (unpaired) electrons. The van der Waals surface area contributed by atoms with Crippen molar-refractivity contribution in [3.05, 3.63) is 80.1 Å². The van der Waals surface area contributed by atoms with Crippen LogP contribution in [0.15, 0.2) is 53.3 Å². The quantitative estimate of drug-likeness (QED) is 0.513. The van der Waals surface area contributed by atoms with Gasteiger partial charge in [-0.1, -0.05) is 53.3 Å². The third-order valence-corrected chi connectivity index (χ3v) is 5.08. The largest absolute Gasteiger partial charge is 0.465 e. The molecule has 2 aromatic carbocycles. The summed E-state index contributed by atoms with van der Waals surface area (Å²) in [6.45, 7) is 2.01. The zero-order valence-corrected chi connectivity index (χ0v) is 15.5. The van der Waals surface area contributed by atoms with E-state index in [-0.39, 0.29) is 5.56 Å². The number of carbonyl (C=O) groups is 1. The molecule has 0 fully saturated rings. The predicted molar refractivity (Wildman–Crippen MR) is 104 cm³/mol. The van der Waals surface area contributed by atoms with Crippen molar-refractivity contribution in [2.24, 2.45) is 0 Å². The molecule has 0 saturated heterocycles. The molecule has 0 aliphatic heterocycles. The lowest BCUT2D eigenvalue weighted by molar-refractivity contribution is 0.0600. The van der Waals surface area contributed by atoms with Gasteiger partial charge in [-0.3, -0.25) is 4.79 Å². The molecule has 0 amide bonds. The van der Waals surface area contributed by atoms with Gasteiger partial charge in [0.15, 0.2) is 5.82 Å². The van der Waals surface area contributed by atoms with E-state index in [9.17, 15) is 9.59 Å². The summed E-state index contributed by atoms with van der Waals surface area (Å²) in [4.78, 5) is 29.1. The number of nitrogens with zero attached hydrogens (tertiary/aromatic N) is 3. The third kappa shape index (κ3) is 3.24. The van der Waals surface area contributed by atoms with E-state index in [0.29, 0.717) is 20.9 Å². The average Bonchev–Trinajstić information content (AvgIpc) is 3.22. The Morgan fingerprint density at radius 3 is 2.44 bits per heavy atom. The van der Waals surface area contributed by atoms with Gasteiger partial charge in [0.1, 0.15) is 0 Å². The van der Waals surface area contributed by atoms with Crippen LogP contribution in [0.3, 0.4) is 0 Å². The number of hydrogen-bond donors (Lipinski definition) is 0. The molecule has 0 saturated carbocycles. The lowest BCUT2D eigenvalue weighted by atomic mass is 10.1. The second-order valence-electron chi connectivity index (χ2n) is 6.03. The zero-order chi connectivity index (χ0) is 19.0. The Bertz CT molecular complexity index is 1240. The first-order valence-corrected chi connectivity index (χ1v) is 9.03. The summed E-state index contributed by atoms with van der Waals surface area (Å²) in [5, 5.41) is 4.35. The third-order valence-electron chi connectivity index (χ3n) is 4.12. The monoisotopic (exact) mass is 377 g/mol. The van der Waals surface area contributed by atoms with E-state index in [1.807, 2.05) is 31.2 Å². The van der Waals surface area contributed by atoms with Crippen molar-refractivity contribution in [1.82, 2.24) is 14.6 Å². The molecule has 0 N–H and O–H groups in total. The number of fused-ring (bicyclic) bond motifs is 1. The van der Waals surface area contributed by atoms with Gasteiger partial charge in [-0.2, -0.15) is 9.50 Å². The molecule has 2 heterocycles. The molecular formula is C20H15N3O3S. The molecule has 0 bridgehead atoms. The number of aryl methyl sites for hydroxylation is 1. The topological polar surface area (TPSA) is 73.6 Å². The molecule has 0 aliphatic rings. The van der Waals surface area contributed by atoms with Crippen LogP contribution in [0.25, 0.3) is 22.4 Å². The van der Waals surface area contributed by atoms with Gasteiger partial charge in [-0.05, 0) is 30.7 Å². The smallest absolute Gasteiger partial charge is 0.337 e. The molecule has 6 nitrogen and oxygen atoms in total. The van der Waals surface area contributed by atoms with E-state index in [4.69, 9.17) is 0 Å². The number of benzene rings is 2. The Balaban J connectivity index is 1.71. The summed E-state index contributed by atoms with van der Waals surface area (Å²) in [6.07, 6.45) is 1.76. The zero-order valence-electron chi connectivity index (χ0n) is 14.7. The minimum absolute atomic E-state index is 0.210. The number of aromatic nitrogens is 3. The lowest BCUT2D eigenvalue weighted by Crippen LogP contribution is -2.23. The first-order chi connectivity index (χ1) is 13.0. The summed E-state index contributed by atoms with van der Waals surface area (Å²) in [5.74, 6) is 0.140.